The predicted molar refractivity (Wildman–Crippen MR) is 151 cm³/mol. The summed E-state index contributed by atoms with van der Waals surface area (Å²) in [4.78, 5) is 35.6. The molecular formula is C29H42F3N5O3. The molecule has 2 aromatic rings. The molecule has 0 bridgehead atoms. The number of hydrogen-bond acceptors (Lipinski definition) is 5. The van der Waals surface area contributed by atoms with Gasteiger partial charge in [0.15, 0.2) is 11.6 Å². The Hall–Kier alpha value is -3.60. The number of carbonyl (C=O) groups is 3. The van der Waals surface area contributed by atoms with E-state index in [0.717, 1.165) is 23.7 Å². The molecule has 2 aromatic carbocycles. The maximum atomic E-state index is 13.5. The third-order valence-electron chi connectivity index (χ3n) is 6.10. The highest BCUT2D eigenvalue weighted by Crippen LogP contribution is 2.16. The molecule has 0 aliphatic heterocycles. The largest absolute Gasteiger partial charge is 0.373 e. The van der Waals surface area contributed by atoms with Gasteiger partial charge in [0.05, 0.1) is 0 Å². The number of anilines is 1. The number of nitrogens with two attached hydrogens (primary N) is 1. The Kier molecular flexibility index (Phi) is 15.4. The quantitative estimate of drug-likeness (QED) is 0.206. The first-order valence-electron chi connectivity index (χ1n) is 13.4. The van der Waals surface area contributed by atoms with E-state index in [1.807, 2.05) is 52.0 Å². The fourth-order valence-electron chi connectivity index (χ4n) is 3.91. The van der Waals surface area contributed by atoms with Gasteiger partial charge < -0.3 is 26.6 Å². The molecule has 0 fully saturated rings. The number of benzene rings is 2. The second-order valence-corrected chi connectivity index (χ2v) is 9.68. The second kappa shape index (κ2) is 17.9. The molecule has 2 atom stereocenters. The van der Waals surface area contributed by atoms with Gasteiger partial charge in [-0.3, -0.25) is 14.4 Å². The molecule has 0 aliphatic rings. The Morgan fingerprint density at radius 3 is 2.17 bits per heavy atom. The van der Waals surface area contributed by atoms with E-state index in [2.05, 4.69) is 16.0 Å². The molecule has 222 valence electrons. The first-order chi connectivity index (χ1) is 19.0. The van der Waals surface area contributed by atoms with Crippen LogP contribution in [0.3, 0.4) is 0 Å². The lowest BCUT2D eigenvalue weighted by Crippen LogP contribution is -2.41. The zero-order valence-electron chi connectivity index (χ0n) is 23.9. The fourth-order valence-corrected chi connectivity index (χ4v) is 3.91. The van der Waals surface area contributed by atoms with Crippen molar-refractivity contribution < 1.29 is 27.6 Å². The Morgan fingerprint density at radius 1 is 1.02 bits per heavy atom. The van der Waals surface area contributed by atoms with Crippen LogP contribution in [0.25, 0.3) is 0 Å². The Morgan fingerprint density at radius 2 is 1.65 bits per heavy atom. The Labute approximate surface area is 234 Å². The molecule has 0 saturated carbocycles. The highest BCUT2D eigenvalue weighted by molar-refractivity contribution is 5.84. The van der Waals surface area contributed by atoms with Crippen LogP contribution in [-0.4, -0.2) is 55.3 Å². The molecule has 8 nitrogen and oxygen atoms in total. The summed E-state index contributed by atoms with van der Waals surface area (Å²) in [6.45, 7) is 9.55. The average molecular weight is 566 g/mol. The fraction of sp³-hybridized carbons (Fsp3) is 0.483. The van der Waals surface area contributed by atoms with E-state index < -0.39 is 23.5 Å². The van der Waals surface area contributed by atoms with Crippen molar-refractivity contribution in [1.82, 2.24) is 15.5 Å². The zero-order chi connectivity index (χ0) is 30.2. The minimum absolute atomic E-state index is 0.0154. The molecule has 0 saturated heterocycles. The number of hydrogen-bond donors (Lipinski definition) is 4. The maximum Gasteiger partial charge on any atom is 0.242 e. The van der Waals surface area contributed by atoms with E-state index in [0.29, 0.717) is 32.1 Å². The van der Waals surface area contributed by atoms with Gasteiger partial charge in [-0.15, -0.1) is 0 Å². The number of halogens is 3. The van der Waals surface area contributed by atoms with Gasteiger partial charge in [-0.05, 0) is 55.0 Å². The number of nitrogens with zero attached hydrogens (tertiary/aromatic N) is 1. The van der Waals surface area contributed by atoms with Gasteiger partial charge in [-0.2, -0.15) is 0 Å². The number of carbonyl (C=O) groups excluding carboxylic acids is 3. The third kappa shape index (κ3) is 11.6. The molecule has 0 aromatic heterocycles. The van der Waals surface area contributed by atoms with Gasteiger partial charge in [-0.1, -0.05) is 32.9 Å². The topological polar surface area (TPSA) is 117 Å². The summed E-state index contributed by atoms with van der Waals surface area (Å²) < 4.78 is 39.5. The van der Waals surface area contributed by atoms with Crippen molar-refractivity contribution in [2.24, 2.45) is 11.7 Å². The van der Waals surface area contributed by atoms with E-state index >= 15 is 0 Å². The van der Waals surface area contributed by atoms with Gasteiger partial charge in [0.25, 0.3) is 0 Å². The van der Waals surface area contributed by atoms with Crippen molar-refractivity contribution in [3.05, 3.63) is 65.0 Å². The zero-order valence-corrected chi connectivity index (χ0v) is 23.9. The van der Waals surface area contributed by atoms with Crippen molar-refractivity contribution in [1.29, 1.82) is 0 Å². The highest BCUT2D eigenvalue weighted by atomic mass is 19.2. The lowest BCUT2D eigenvalue weighted by molar-refractivity contribution is -0.131. The molecule has 0 spiro atoms. The average Bonchev–Trinajstić information content (AvgIpc) is 2.92. The van der Waals surface area contributed by atoms with Gasteiger partial charge in [-0.25, -0.2) is 13.2 Å². The van der Waals surface area contributed by atoms with Gasteiger partial charge in [0, 0.05) is 50.9 Å². The number of amides is 3. The van der Waals surface area contributed by atoms with E-state index in [-0.39, 0.29) is 42.2 Å². The lowest BCUT2D eigenvalue weighted by atomic mass is 10.0. The third-order valence-corrected chi connectivity index (χ3v) is 6.10. The van der Waals surface area contributed by atoms with E-state index in [1.165, 1.54) is 0 Å². The minimum atomic E-state index is -1.24. The Bertz CT molecular complexity index is 1080. The SMILES string of the molecule is CCCN(CC)C(=O)CC(N)Cc1cc(F)c(F)cc1F.CNC(=O)C(Nc1ccc(CNC=O)cc1)C(C)C. The smallest absolute Gasteiger partial charge is 0.242 e. The lowest BCUT2D eigenvalue weighted by Gasteiger charge is -2.22. The molecule has 40 heavy (non-hydrogen) atoms. The summed E-state index contributed by atoms with van der Waals surface area (Å²) in [7, 11) is 1.63. The summed E-state index contributed by atoms with van der Waals surface area (Å²) in [6.07, 6.45) is 1.55. The van der Waals surface area contributed by atoms with Gasteiger partial charge in [0.1, 0.15) is 11.9 Å². The van der Waals surface area contributed by atoms with Crippen molar-refractivity contribution in [2.45, 2.75) is 65.6 Å². The monoisotopic (exact) mass is 565 g/mol. The predicted octanol–water partition coefficient (Wildman–Crippen LogP) is 3.74. The van der Waals surface area contributed by atoms with Crippen molar-refractivity contribution in [2.75, 3.05) is 25.5 Å². The summed E-state index contributed by atoms with van der Waals surface area (Å²) in [5.41, 5.74) is 7.70. The molecule has 11 heteroatoms. The van der Waals surface area contributed by atoms with Crippen LogP contribution in [-0.2, 0) is 27.3 Å². The summed E-state index contributed by atoms with van der Waals surface area (Å²) >= 11 is 0. The van der Waals surface area contributed by atoms with Crippen molar-refractivity contribution in [3.8, 4) is 0 Å². The normalized spacial score (nSPS) is 12.1. The van der Waals surface area contributed by atoms with Crippen LogP contribution in [0.4, 0.5) is 18.9 Å². The van der Waals surface area contributed by atoms with Crippen LogP contribution >= 0.6 is 0 Å². The van der Waals surface area contributed by atoms with Crippen molar-refractivity contribution >= 4 is 23.9 Å². The summed E-state index contributed by atoms with van der Waals surface area (Å²) in [5, 5.41) is 8.47. The van der Waals surface area contributed by atoms with Crippen LogP contribution in [0, 0.1) is 23.4 Å². The molecular weight excluding hydrogens is 523 g/mol. The highest BCUT2D eigenvalue weighted by Gasteiger charge is 2.21. The number of nitrogens with one attached hydrogen (secondary N) is 3. The maximum absolute atomic E-state index is 13.5. The number of rotatable bonds is 14. The second-order valence-electron chi connectivity index (χ2n) is 9.68. The van der Waals surface area contributed by atoms with Crippen LogP contribution in [0.5, 0.6) is 0 Å². The molecule has 2 unspecified atom stereocenters. The van der Waals surface area contributed by atoms with Gasteiger partial charge in [0.2, 0.25) is 18.2 Å². The molecule has 2 rings (SSSR count). The van der Waals surface area contributed by atoms with Crippen LogP contribution in [0.2, 0.25) is 0 Å². The van der Waals surface area contributed by atoms with E-state index in [4.69, 9.17) is 5.73 Å². The van der Waals surface area contributed by atoms with Gasteiger partial charge >= 0.3 is 0 Å². The standard InChI is InChI=1S/C15H21F3N2O.C14H21N3O2/c1-3-5-20(4-2)15(21)8-11(19)6-10-7-13(17)14(18)9-12(10)16;1-10(2)13(14(19)15-3)17-12-6-4-11(5-7-12)8-16-9-18/h7,9,11H,3-6,8,19H2,1-2H3;4-7,9-10,13,17H,8H2,1-3H3,(H,15,19)(H,16,18). The molecule has 5 N–H and O–H groups in total. The minimum Gasteiger partial charge on any atom is -0.373 e. The van der Waals surface area contributed by atoms with Crippen molar-refractivity contribution in [3.63, 3.8) is 0 Å². The first-order valence-corrected chi connectivity index (χ1v) is 13.4. The molecule has 3 amide bonds. The summed E-state index contributed by atoms with van der Waals surface area (Å²) in [6, 6.07) is 8.03. The number of likely N-dealkylation sites (N-methyl/N-ethyl adjacent to an activating group) is 1. The molecule has 0 aliphatic carbocycles. The Balaban J connectivity index is 0.000000402. The van der Waals surface area contributed by atoms with Crippen LogP contribution < -0.4 is 21.7 Å². The first kappa shape index (κ1) is 34.4. The van der Waals surface area contributed by atoms with E-state index in [1.54, 1.807) is 11.9 Å². The van der Waals surface area contributed by atoms with Crippen LogP contribution in [0.1, 0.15) is 51.7 Å². The molecule has 0 radical (unpaired) electrons. The molecule has 0 heterocycles. The van der Waals surface area contributed by atoms with E-state index in [9.17, 15) is 27.6 Å². The van der Waals surface area contributed by atoms with Crippen LogP contribution in [0.15, 0.2) is 36.4 Å². The summed E-state index contributed by atoms with van der Waals surface area (Å²) in [5.74, 6) is -3.15.